The largest absolute Gasteiger partial charge is 0.496 e. The standard InChI is InChI=1S/C11H16O2S/c1-7-5-11(14-4)9(8(2)12)6-10(7)13-3/h5-6,8,12H,1-4H3. The van der Waals surface area contributed by atoms with Gasteiger partial charge in [-0.3, -0.25) is 0 Å². The van der Waals surface area contributed by atoms with Crippen LogP contribution >= 0.6 is 11.8 Å². The number of hydrogen-bond donors (Lipinski definition) is 1. The quantitative estimate of drug-likeness (QED) is 0.781. The van der Waals surface area contributed by atoms with Crippen molar-refractivity contribution >= 4 is 11.8 Å². The Balaban J connectivity index is 3.25. The third-order valence-electron chi connectivity index (χ3n) is 2.20. The van der Waals surface area contributed by atoms with E-state index in [9.17, 15) is 5.11 Å². The third-order valence-corrected chi connectivity index (χ3v) is 2.99. The molecule has 0 fully saturated rings. The van der Waals surface area contributed by atoms with Gasteiger partial charge in [-0.15, -0.1) is 11.8 Å². The van der Waals surface area contributed by atoms with Crippen LogP contribution in [0.5, 0.6) is 5.75 Å². The molecule has 0 aliphatic carbocycles. The van der Waals surface area contributed by atoms with Gasteiger partial charge in [0, 0.05) is 4.90 Å². The number of methoxy groups -OCH3 is 1. The Hall–Kier alpha value is -0.670. The molecular formula is C11H16O2S. The molecule has 1 aromatic carbocycles. The van der Waals surface area contributed by atoms with Crippen molar-refractivity contribution in [3.8, 4) is 5.75 Å². The third kappa shape index (κ3) is 2.22. The average Bonchev–Trinajstić information content (AvgIpc) is 2.16. The molecule has 14 heavy (non-hydrogen) atoms. The van der Waals surface area contributed by atoms with Crippen LogP contribution in [0.1, 0.15) is 24.2 Å². The molecule has 1 rings (SSSR count). The van der Waals surface area contributed by atoms with Gasteiger partial charge in [0.15, 0.2) is 0 Å². The Morgan fingerprint density at radius 3 is 2.50 bits per heavy atom. The lowest BCUT2D eigenvalue weighted by molar-refractivity contribution is 0.196. The molecule has 1 aromatic rings. The molecule has 2 nitrogen and oxygen atoms in total. The van der Waals surface area contributed by atoms with Gasteiger partial charge in [0.25, 0.3) is 0 Å². The van der Waals surface area contributed by atoms with Gasteiger partial charge in [0.1, 0.15) is 5.75 Å². The first-order valence-electron chi connectivity index (χ1n) is 4.50. The molecule has 0 amide bonds. The topological polar surface area (TPSA) is 29.5 Å². The van der Waals surface area contributed by atoms with Crippen molar-refractivity contribution in [3.05, 3.63) is 23.3 Å². The Morgan fingerprint density at radius 2 is 2.07 bits per heavy atom. The van der Waals surface area contributed by atoms with E-state index in [0.29, 0.717) is 0 Å². The zero-order valence-electron chi connectivity index (χ0n) is 9.00. The second-order valence-electron chi connectivity index (χ2n) is 3.24. The lowest BCUT2D eigenvalue weighted by Crippen LogP contribution is -1.97. The maximum atomic E-state index is 9.58. The summed E-state index contributed by atoms with van der Waals surface area (Å²) in [4.78, 5) is 1.11. The van der Waals surface area contributed by atoms with E-state index in [1.807, 2.05) is 25.3 Å². The first-order chi connectivity index (χ1) is 6.60. The first-order valence-corrected chi connectivity index (χ1v) is 5.73. The maximum Gasteiger partial charge on any atom is 0.122 e. The van der Waals surface area contributed by atoms with Gasteiger partial charge in [-0.1, -0.05) is 0 Å². The minimum Gasteiger partial charge on any atom is -0.496 e. The summed E-state index contributed by atoms with van der Waals surface area (Å²) in [5, 5.41) is 9.58. The number of aryl methyl sites for hydroxylation is 1. The number of aliphatic hydroxyl groups excluding tert-OH is 1. The van der Waals surface area contributed by atoms with E-state index in [4.69, 9.17) is 4.74 Å². The highest BCUT2D eigenvalue weighted by Gasteiger charge is 2.10. The van der Waals surface area contributed by atoms with Crippen LogP contribution in [-0.2, 0) is 0 Å². The highest BCUT2D eigenvalue weighted by atomic mass is 32.2. The van der Waals surface area contributed by atoms with Crippen molar-refractivity contribution in [3.63, 3.8) is 0 Å². The lowest BCUT2D eigenvalue weighted by Gasteiger charge is -2.14. The van der Waals surface area contributed by atoms with Gasteiger partial charge in [-0.2, -0.15) is 0 Å². The molecule has 0 saturated carbocycles. The van der Waals surface area contributed by atoms with Crippen molar-refractivity contribution in [2.45, 2.75) is 24.8 Å². The molecule has 1 N–H and O–H groups in total. The van der Waals surface area contributed by atoms with Crippen LogP contribution in [0.25, 0.3) is 0 Å². The van der Waals surface area contributed by atoms with Crippen molar-refractivity contribution in [1.29, 1.82) is 0 Å². The van der Waals surface area contributed by atoms with Crippen LogP contribution in [0.3, 0.4) is 0 Å². The predicted octanol–water partition coefficient (Wildman–Crippen LogP) is 2.78. The van der Waals surface area contributed by atoms with E-state index in [1.54, 1.807) is 25.8 Å². The molecule has 0 aromatic heterocycles. The van der Waals surface area contributed by atoms with E-state index < -0.39 is 6.10 Å². The average molecular weight is 212 g/mol. The molecule has 0 saturated heterocycles. The maximum absolute atomic E-state index is 9.58. The summed E-state index contributed by atoms with van der Waals surface area (Å²) in [7, 11) is 1.65. The minimum absolute atomic E-state index is 0.452. The monoisotopic (exact) mass is 212 g/mol. The lowest BCUT2D eigenvalue weighted by atomic mass is 10.1. The van der Waals surface area contributed by atoms with E-state index in [1.165, 1.54) is 0 Å². The summed E-state index contributed by atoms with van der Waals surface area (Å²) in [5.74, 6) is 0.832. The molecule has 0 spiro atoms. The zero-order chi connectivity index (χ0) is 10.7. The van der Waals surface area contributed by atoms with Crippen LogP contribution < -0.4 is 4.74 Å². The SMILES string of the molecule is COc1cc(C(C)O)c(SC)cc1C. The Bertz CT molecular complexity index is 321. The Kier molecular flexibility index (Phi) is 3.84. The smallest absolute Gasteiger partial charge is 0.122 e. The molecule has 0 bridgehead atoms. The minimum atomic E-state index is -0.452. The van der Waals surface area contributed by atoms with Crippen molar-refractivity contribution < 1.29 is 9.84 Å². The van der Waals surface area contributed by atoms with Crippen molar-refractivity contribution in [2.24, 2.45) is 0 Å². The molecule has 78 valence electrons. The van der Waals surface area contributed by atoms with Gasteiger partial charge in [-0.05, 0) is 43.4 Å². The molecule has 1 unspecified atom stereocenters. The van der Waals surface area contributed by atoms with Gasteiger partial charge < -0.3 is 9.84 Å². The van der Waals surface area contributed by atoms with E-state index >= 15 is 0 Å². The van der Waals surface area contributed by atoms with Crippen LogP contribution in [-0.4, -0.2) is 18.5 Å². The first kappa shape index (κ1) is 11.4. The summed E-state index contributed by atoms with van der Waals surface area (Å²) < 4.78 is 5.21. The van der Waals surface area contributed by atoms with Gasteiger partial charge in [-0.25, -0.2) is 0 Å². The number of ether oxygens (including phenoxy) is 1. The highest BCUT2D eigenvalue weighted by molar-refractivity contribution is 7.98. The number of rotatable bonds is 3. The zero-order valence-corrected chi connectivity index (χ0v) is 9.81. The normalized spacial score (nSPS) is 12.6. The van der Waals surface area contributed by atoms with Crippen molar-refractivity contribution in [1.82, 2.24) is 0 Å². The van der Waals surface area contributed by atoms with Gasteiger partial charge in [0.05, 0.1) is 13.2 Å². The molecule has 0 aliphatic heterocycles. The predicted molar refractivity (Wildman–Crippen MR) is 60.1 cm³/mol. The second kappa shape index (κ2) is 4.71. The van der Waals surface area contributed by atoms with Gasteiger partial charge in [0.2, 0.25) is 0 Å². The molecule has 0 aliphatic rings. The fraction of sp³-hybridized carbons (Fsp3) is 0.455. The van der Waals surface area contributed by atoms with Crippen LogP contribution in [0.4, 0.5) is 0 Å². The van der Waals surface area contributed by atoms with E-state index in [2.05, 4.69) is 0 Å². The summed E-state index contributed by atoms with van der Waals surface area (Å²) in [6, 6.07) is 3.96. The number of aliphatic hydroxyl groups is 1. The molecule has 3 heteroatoms. The Morgan fingerprint density at radius 1 is 1.43 bits per heavy atom. The van der Waals surface area contributed by atoms with E-state index in [0.717, 1.165) is 21.8 Å². The number of hydrogen-bond acceptors (Lipinski definition) is 3. The van der Waals surface area contributed by atoms with Crippen LogP contribution in [0, 0.1) is 6.92 Å². The van der Waals surface area contributed by atoms with Crippen molar-refractivity contribution in [2.75, 3.05) is 13.4 Å². The van der Waals surface area contributed by atoms with Crippen LogP contribution in [0.15, 0.2) is 17.0 Å². The number of benzene rings is 1. The summed E-state index contributed by atoms with van der Waals surface area (Å²) in [6.45, 7) is 3.77. The summed E-state index contributed by atoms with van der Waals surface area (Å²) >= 11 is 1.64. The van der Waals surface area contributed by atoms with E-state index in [-0.39, 0.29) is 0 Å². The molecule has 1 atom stereocenters. The molecule has 0 radical (unpaired) electrons. The fourth-order valence-corrected chi connectivity index (χ4v) is 2.16. The van der Waals surface area contributed by atoms with Crippen LogP contribution in [0.2, 0.25) is 0 Å². The number of thioether (sulfide) groups is 1. The fourth-order valence-electron chi connectivity index (χ4n) is 1.40. The Labute approximate surface area is 89.3 Å². The molecular weight excluding hydrogens is 196 g/mol. The highest BCUT2D eigenvalue weighted by Crippen LogP contribution is 2.32. The van der Waals surface area contributed by atoms with Gasteiger partial charge >= 0.3 is 0 Å². The summed E-state index contributed by atoms with van der Waals surface area (Å²) in [6.07, 6.45) is 1.56. The second-order valence-corrected chi connectivity index (χ2v) is 4.09. The summed E-state index contributed by atoms with van der Waals surface area (Å²) in [5.41, 5.74) is 2.03. The molecule has 0 heterocycles.